The number of nitrogens with one attached hydrogen (secondary N) is 1. The Morgan fingerprint density at radius 2 is 1.70 bits per heavy atom. The van der Waals surface area contributed by atoms with Gasteiger partial charge in [-0.1, -0.05) is 50.2 Å². The topological polar surface area (TPSA) is 93.5 Å². The number of amides is 1. The van der Waals surface area contributed by atoms with Crippen LogP contribution in [-0.2, 0) is 14.8 Å². The second kappa shape index (κ2) is 12.1. The summed E-state index contributed by atoms with van der Waals surface area (Å²) in [5.41, 5.74) is 2.37. The number of hydrogen-bond acceptors (Lipinski definition) is 5. The summed E-state index contributed by atoms with van der Waals surface area (Å²) in [4.78, 5) is 14.0. The fraction of sp³-hybridized carbons (Fsp3) is 0.462. The van der Waals surface area contributed by atoms with Crippen molar-refractivity contribution in [2.45, 2.75) is 37.3 Å². The lowest BCUT2D eigenvalue weighted by Gasteiger charge is -2.34. The fourth-order valence-electron chi connectivity index (χ4n) is 4.40. The number of sulfonamides is 1. The predicted octanol–water partition coefficient (Wildman–Crippen LogP) is 3.99. The molecule has 1 heterocycles. The van der Waals surface area contributed by atoms with E-state index in [4.69, 9.17) is 5.26 Å². The van der Waals surface area contributed by atoms with E-state index < -0.39 is 28.7 Å². The number of halogens is 3. The van der Waals surface area contributed by atoms with Gasteiger partial charge in [-0.05, 0) is 41.2 Å². The SMILES string of the molecule is CC(C)CC(C(=O)NCC#N)c1cccc(-c2ccc(S(=O)(=O)N3CCN(CC(F)(F)F)CC3)cc2)c1. The molecule has 1 aliphatic rings. The minimum atomic E-state index is -4.32. The van der Waals surface area contributed by atoms with Crippen LogP contribution in [0.15, 0.2) is 53.4 Å². The van der Waals surface area contributed by atoms with E-state index in [0.717, 1.165) is 16.7 Å². The molecule has 0 aromatic heterocycles. The monoisotopic (exact) mass is 536 g/mol. The minimum Gasteiger partial charge on any atom is -0.342 e. The molecule has 0 spiro atoms. The maximum Gasteiger partial charge on any atom is 0.401 e. The van der Waals surface area contributed by atoms with Crippen LogP contribution in [0.3, 0.4) is 0 Å². The highest BCUT2D eigenvalue weighted by molar-refractivity contribution is 7.89. The van der Waals surface area contributed by atoms with Crippen molar-refractivity contribution in [3.63, 3.8) is 0 Å². The number of carbonyl (C=O) groups is 1. The van der Waals surface area contributed by atoms with Crippen molar-refractivity contribution < 1.29 is 26.4 Å². The molecule has 200 valence electrons. The molecule has 2 aromatic rings. The van der Waals surface area contributed by atoms with Crippen molar-refractivity contribution in [2.75, 3.05) is 39.3 Å². The molecule has 11 heteroatoms. The van der Waals surface area contributed by atoms with Crippen molar-refractivity contribution in [1.29, 1.82) is 5.26 Å². The van der Waals surface area contributed by atoms with Crippen molar-refractivity contribution in [2.24, 2.45) is 5.92 Å². The second-order valence-corrected chi connectivity index (χ2v) is 11.4. The van der Waals surface area contributed by atoms with Gasteiger partial charge >= 0.3 is 6.18 Å². The highest BCUT2D eigenvalue weighted by Crippen LogP contribution is 2.30. The first kappa shape index (κ1) is 28.6. The molecule has 7 nitrogen and oxygen atoms in total. The number of hydrogen-bond donors (Lipinski definition) is 1. The van der Waals surface area contributed by atoms with Gasteiger partial charge in [0.15, 0.2) is 0 Å². The Morgan fingerprint density at radius 1 is 1.05 bits per heavy atom. The van der Waals surface area contributed by atoms with Crippen LogP contribution >= 0.6 is 0 Å². The highest BCUT2D eigenvalue weighted by atomic mass is 32.2. The Morgan fingerprint density at radius 3 is 2.27 bits per heavy atom. The van der Waals surface area contributed by atoms with Crippen LogP contribution in [0.2, 0.25) is 0 Å². The molecule has 1 saturated heterocycles. The molecule has 2 aromatic carbocycles. The molecule has 1 fully saturated rings. The Kier molecular flexibility index (Phi) is 9.34. The van der Waals surface area contributed by atoms with E-state index in [9.17, 15) is 26.4 Å². The Hall–Kier alpha value is -2.94. The van der Waals surface area contributed by atoms with E-state index in [1.54, 1.807) is 12.1 Å². The van der Waals surface area contributed by atoms with E-state index in [2.05, 4.69) is 5.32 Å². The number of alkyl halides is 3. The van der Waals surface area contributed by atoms with Crippen LogP contribution in [0.4, 0.5) is 13.2 Å². The first-order valence-corrected chi connectivity index (χ1v) is 13.5. The zero-order valence-corrected chi connectivity index (χ0v) is 21.6. The summed E-state index contributed by atoms with van der Waals surface area (Å²) in [5, 5.41) is 11.4. The zero-order chi connectivity index (χ0) is 27.2. The van der Waals surface area contributed by atoms with Gasteiger partial charge in [0.05, 0.1) is 23.4 Å². The van der Waals surface area contributed by atoms with E-state index in [1.807, 2.05) is 44.2 Å². The summed E-state index contributed by atoms with van der Waals surface area (Å²) in [7, 11) is -3.84. The molecule has 0 radical (unpaired) electrons. The summed E-state index contributed by atoms with van der Waals surface area (Å²) in [6, 6.07) is 15.7. The Balaban J connectivity index is 1.76. The fourth-order valence-corrected chi connectivity index (χ4v) is 5.82. The largest absolute Gasteiger partial charge is 0.401 e. The smallest absolute Gasteiger partial charge is 0.342 e. The molecule has 37 heavy (non-hydrogen) atoms. The molecule has 0 bridgehead atoms. The zero-order valence-electron chi connectivity index (χ0n) is 20.8. The summed E-state index contributed by atoms with van der Waals surface area (Å²) in [6.07, 6.45) is -3.71. The number of carbonyl (C=O) groups excluding carboxylic acids is 1. The summed E-state index contributed by atoms with van der Waals surface area (Å²) in [6.45, 7) is 2.94. The van der Waals surface area contributed by atoms with Gasteiger partial charge in [0, 0.05) is 26.2 Å². The van der Waals surface area contributed by atoms with Gasteiger partial charge in [0.25, 0.3) is 0 Å². The van der Waals surface area contributed by atoms with Crippen molar-refractivity contribution in [3.05, 3.63) is 54.1 Å². The molecular weight excluding hydrogens is 505 g/mol. The van der Waals surface area contributed by atoms with Gasteiger partial charge in [0.2, 0.25) is 15.9 Å². The second-order valence-electron chi connectivity index (χ2n) is 9.50. The summed E-state index contributed by atoms with van der Waals surface area (Å²) < 4.78 is 65.2. The standard InChI is InChI=1S/C26H31F3N4O3S/c1-19(2)16-24(25(34)31-11-10-30)22-5-3-4-21(17-22)20-6-8-23(9-7-20)37(35,36)33-14-12-32(13-15-33)18-26(27,28)29/h3-9,17,19,24H,11-16,18H2,1-2H3,(H,31,34). The van der Waals surface area contributed by atoms with Crippen LogP contribution in [0.25, 0.3) is 11.1 Å². The Labute approximate surface area is 215 Å². The molecule has 1 N–H and O–H groups in total. The number of benzene rings is 2. The predicted molar refractivity (Wildman–Crippen MR) is 134 cm³/mol. The maximum absolute atomic E-state index is 13.1. The van der Waals surface area contributed by atoms with Crippen molar-refractivity contribution >= 4 is 15.9 Å². The quantitative estimate of drug-likeness (QED) is 0.489. The molecule has 3 rings (SSSR count). The number of nitriles is 1. The third kappa shape index (κ3) is 7.77. The normalized spacial score (nSPS) is 16.4. The molecule has 0 aliphatic carbocycles. The van der Waals surface area contributed by atoms with Gasteiger partial charge < -0.3 is 5.32 Å². The minimum absolute atomic E-state index is 0.00663. The van der Waals surface area contributed by atoms with Gasteiger partial charge in [0.1, 0.15) is 6.54 Å². The third-order valence-corrected chi connectivity index (χ3v) is 8.13. The third-order valence-electron chi connectivity index (χ3n) is 6.21. The lowest BCUT2D eigenvalue weighted by molar-refractivity contribution is -0.148. The molecule has 1 unspecified atom stereocenters. The average molecular weight is 537 g/mol. The van der Waals surface area contributed by atoms with E-state index in [-0.39, 0.29) is 49.4 Å². The number of nitrogens with zero attached hydrogens (tertiary/aromatic N) is 3. The number of rotatable bonds is 9. The maximum atomic E-state index is 13.1. The van der Waals surface area contributed by atoms with Crippen LogP contribution in [-0.4, -0.2) is 69.0 Å². The van der Waals surface area contributed by atoms with Crippen LogP contribution in [0.5, 0.6) is 0 Å². The van der Waals surface area contributed by atoms with Crippen molar-refractivity contribution in [3.8, 4) is 17.2 Å². The first-order chi connectivity index (χ1) is 17.4. The van der Waals surface area contributed by atoms with Crippen molar-refractivity contribution in [1.82, 2.24) is 14.5 Å². The molecule has 0 saturated carbocycles. The summed E-state index contributed by atoms with van der Waals surface area (Å²) >= 11 is 0. The highest BCUT2D eigenvalue weighted by Gasteiger charge is 2.34. The van der Waals surface area contributed by atoms with Crippen LogP contribution < -0.4 is 5.32 Å². The molecular formula is C26H31F3N4O3S. The lowest BCUT2D eigenvalue weighted by Crippen LogP contribution is -2.50. The van der Waals surface area contributed by atoms with Crippen LogP contribution in [0, 0.1) is 17.2 Å². The van der Waals surface area contributed by atoms with E-state index in [1.165, 1.54) is 21.3 Å². The summed E-state index contributed by atoms with van der Waals surface area (Å²) in [5.74, 6) is -0.394. The van der Waals surface area contributed by atoms with Crippen LogP contribution in [0.1, 0.15) is 31.7 Å². The van der Waals surface area contributed by atoms with Gasteiger partial charge in [-0.3, -0.25) is 9.69 Å². The lowest BCUT2D eigenvalue weighted by atomic mass is 9.88. The average Bonchev–Trinajstić information content (AvgIpc) is 2.85. The molecule has 1 atom stereocenters. The molecule has 1 aliphatic heterocycles. The number of piperazine rings is 1. The first-order valence-electron chi connectivity index (χ1n) is 12.0. The van der Waals surface area contributed by atoms with Gasteiger partial charge in [-0.25, -0.2) is 8.42 Å². The van der Waals surface area contributed by atoms with E-state index in [0.29, 0.717) is 6.42 Å². The van der Waals surface area contributed by atoms with Gasteiger partial charge in [-0.15, -0.1) is 0 Å². The molecule has 1 amide bonds. The van der Waals surface area contributed by atoms with E-state index >= 15 is 0 Å². The Bertz CT molecular complexity index is 1220. The van der Waals surface area contributed by atoms with Gasteiger partial charge in [-0.2, -0.15) is 22.7 Å².